The van der Waals surface area contributed by atoms with E-state index >= 15 is 0 Å². The van der Waals surface area contributed by atoms with Crippen LogP contribution < -0.4 is 19.1 Å². The third-order valence-corrected chi connectivity index (χ3v) is 6.35. The fourth-order valence-corrected chi connectivity index (χ4v) is 4.32. The van der Waals surface area contributed by atoms with E-state index in [1.807, 2.05) is 49.2 Å². The van der Waals surface area contributed by atoms with Crippen molar-refractivity contribution in [1.82, 2.24) is 4.98 Å². The van der Waals surface area contributed by atoms with Gasteiger partial charge in [0.05, 0.1) is 0 Å². The summed E-state index contributed by atoms with van der Waals surface area (Å²) < 4.78 is 61.3. The first-order valence-corrected chi connectivity index (χ1v) is 12.1. The van der Waals surface area contributed by atoms with Crippen molar-refractivity contribution in [2.45, 2.75) is 39.0 Å². The quantitative estimate of drug-likeness (QED) is 0.128. The summed E-state index contributed by atoms with van der Waals surface area (Å²) in [6.07, 6.45) is 4.80. The van der Waals surface area contributed by atoms with Crippen LogP contribution in [0.15, 0.2) is 85.3 Å². The number of alkyl halides is 4. The highest BCUT2D eigenvalue weighted by molar-refractivity contribution is 5.48. The molecular weight excluding hydrogens is 514 g/mol. The zero-order valence-electron chi connectivity index (χ0n) is 21.3. The second-order valence-corrected chi connectivity index (χ2v) is 9.02. The van der Waals surface area contributed by atoms with Crippen LogP contribution in [0.2, 0.25) is 0 Å². The maximum absolute atomic E-state index is 13.1. The molecule has 2 aromatic heterocycles. The Bertz CT molecular complexity index is 1370. The van der Waals surface area contributed by atoms with Crippen LogP contribution in [-0.2, 0) is 13.0 Å². The molecule has 1 atom stereocenters. The molecule has 39 heavy (non-hydrogen) atoms. The maximum Gasteiger partial charge on any atom is 0.387 e. The lowest BCUT2D eigenvalue weighted by Crippen LogP contribution is -2.24. The number of hydrogen-bond donors (Lipinski definition) is 0. The first-order chi connectivity index (χ1) is 18.7. The molecule has 0 spiro atoms. The molecule has 0 aliphatic carbocycles. The Morgan fingerprint density at radius 2 is 1.54 bits per heavy atom. The first-order valence-electron chi connectivity index (χ1n) is 12.1. The highest BCUT2D eigenvalue weighted by atomic mass is 19.3. The lowest BCUT2D eigenvalue weighted by Gasteiger charge is -2.22. The van der Waals surface area contributed by atoms with Gasteiger partial charge in [-0.2, -0.15) is 22.3 Å². The summed E-state index contributed by atoms with van der Waals surface area (Å²) in [5, 5.41) is 11.5. The Hall–Kier alpha value is -4.34. The minimum atomic E-state index is -3.23. The van der Waals surface area contributed by atoms with E-state index in [2.05, 4.69) is 20.5 Å². The second-order valence-electron chi connectivity index (χ2n) is 9.02. The van der Waals surface area contributed by atoms with Crippen molar-refractivity contribution in [3.05, 3.63) is 118 Å². The number of aryl methyl sites for hydroxylation is 1. The van der Waals surface area contributed by atoms with Gasteiger partial charge in [-0.1, -0.05) is 36.4 Å². The average molecular weight is 542 g/mol. The van der Waals surface area contributed by atoms with Crippen LogP contribution in [0.25, 0.3) is 0 Å². The second kappa shape index (κ2) is 12.5. The van der Waals surface area contributed by atoms with Gasteiger partial charge in [0, 0.05) is 37.8 Å². The number of aromatic nitrogens is 2. The number of rotatable bonds is 11. The molecule has 0 N–H and O–H groups in total. The molecule has 4 aromatic rings. The van der Waals surface area contributed by atoms with Crippen LogP contribution in [-0.4, -0.2) is 25.3 Å². The zero-order chi connectivity index (χ0) is 27.9. The summed E-state index contributed by atoms with van der Waals surface area (Å²) >= 11 is 0. The molecule has 0 saturated heterocycles. The molecule has 0 fully saturated rings. The average Bonchev–Trinajstić information content (AvgIpc) is 2.90. The highest BCUT2D eigenvalue weighted by Crippen LogP contribution is 2.37. The van der Waals surface area contributed by atoms with E-state index < -0.39 is 30.6 Å². The van der Waals surface area contributed by atoms with E-state index in [4.69, 9.17) is 0 Å². The molecule has 10 heteroatoms. The molecule has 0 radical (unpaired) electrons. The molecule has 4 rings (SSSR count). The smallest absolute Gasteiger partial charge is 0.387 e. The van der Waals surface area contributed by atoms with Crippen LogP contribution in [0.5, 0.6) is 11.5 Å². The van der Waals surface area contributed by atoms with Crippen LogP contribution in [0.4, 0.5) is 23.4 Å². The SMILES string of the molecule is Cc1ccccc1CN(C)c1ccc(C(Cc2cc[n+]([O-])cc2)c2ccc(OC(F)F)c(OC(F)F)c2)cn1. The van der Waals surface area contributed by atoms with E-state index in [0.717, 1.165) is 16.9 Å². The van der Waals surface area contributed by atoms with Gasteiger partial charge in [-0.25, -0.2) is 4.98 Å². The molecule has 0 aliphatic rings. The van der Waals surface area contributed by atoms with E-state index in [-0.39, 0.29) is 0 Å². The van der Waals surface area contributed by atoms with Crippen LogP contribution in [0.1, 0.15) is 33.7 Å². The minimum Gasteiger partial charge on any atom is -0.619 e. The Balaban J connectivity index is 1.67. The van der Waals surface area contributed by atoms with Gasteiger partial charge in [-0.15, -0.1) is 0 Å². The first kappa shape index (κ1) is 27.7. The lowest BCUT2D eigenvalue weighted by atomic mass is 9.86. The van der Waals surface area contributed by atoms with E-state index in [1.165, 1.54) is 41.7 Å². The molecule has 2 heterocycles. The van der Waals surface area contributed by atoms with Crippen molar-refractivity contribution in [1.29, 1.82) is 0 Å². The molecular formula is C29H27F4N3O3. The third kappa shape index (κ3) is 7.37. The van der Waals surface area contributed by atoms with Crippen molar-refractivity contribution in [2.75, 3.05) is 11.9 Å². The Kier molecular flexibility index (Phi) is 8.85. The number of anilines is 1. The van der Waals surface area contributed by atoms with Crippen molar-refractivity contribution in [3.63, 3.8) is 0 Å². The van der Waals surface area contributed by atoms with Gasteiger partial charge >= 0.3 is 13.2 Å². The number of pyridine rings is 2. The topological polar surface area (TPSA) is 61.5 Å². The predicted octanol–water partition coefficient (Wildman–Crippen LogP) is 6.24. The molecule has 1 unspecified atom stereocenters. The van der Waals surface area contributed by atoms with Gasteiger partial charge in [0.1, 0.15) is 5.82 Å². The maximum atomic E-state index is 13.1. The van der Waals surface area contributed by atoms with E-state index in [9.17, 15) is 22.8 Å². The molecule has 0 aliphatic heterocycles. The fraction of sp³-hybridized carbons (Fsp3) is 0.241. The number of nitrogens with zero attached hydrogens (tertiary/aromatic N) is 3. The number of benzene rings is 2. The van der Waals surface area contributed by atoms with Crippen LogP contribution in [0.3, 0.4) is 0 Å². The van der Waals surface area contributed by atoms with Gasteiger partial charge in [0.15, 0.2) is 23.9 Å². The standard InChI is InChI=1S/C29H27F4N3O3/c1-19-5-3-4-6-23(19)18-35(2)27-10-8-22(17-34-27)24(15-20-11-13-36(37)14-12-20)21-7-9-25(38-28(30)31)26(16-21)39-29(32)33/h3-14,16-17,24,28-29H,15,18H2,1-2H3. The number of ether oxygens (including phenoxy) is 2. The van der Waals surface area contributed by atoms with Gasteiger partial charge < -0.3 is 19.6 Å². The molecule has 0 saturated carbocycles. The number of halogens is 4. The van der Waals surface area contributed by atoms with Gasteiger partial charge in [-0.3, -0.25) is 0 Å². The summed E-state index contributed by atoms with van der Waals surface area (Å²) in [6, 6.07) is 19.1. The summed E-state index contributed by atoms with van der Waals surface area (Å²) in [5.41, 5.74) is 4.42. The van der Waals surface area contributed by atoms with Gasteiger partial charge in [0.2, 0.25) is 0 Å². The van der Waals surface area contributed by atoms with E-state index in [1.54, 1.807) is 18.3 Å². The molecule has 6 nitrogen and oxygen atoms in total. The number of hydrogen-bond acceptors (Lipinski definition) is 5. The van der Waals surface area contributed by atoms with Crippen molar-refractivity contribution >= 4 is 5.82 Å². The Morgan fingerprint density at radius 1 is 0.872 bits per heavy atom. The van der Waals surface area contributed by atoms with Gasteiger partial charge in [0.25, 0.3) is 0 Å². The largest absolute Gasteiger partial charge is 0.619 e. The molecule has 204 valence electrons. The highest BCUT2D eigenvalue weighted by Gasteiger charge is 2.22. The summed E-state index contributed by atoms with van der Waals surface area (Å²) in [5.74, 6) is -0.682. The fourth-order valence-electron chi connectivity index (χ4n) is 4.32. The van der Waals surface area contributed by atoms with Crippen molar-refractivity contribution in [3.8, 4) is 11.5 Å². The summed E-state index contributed by atoms with van der Waals surface area (Å²) in [6.45, 7) is -3.73. The van der Waals surface area contributed by atoms with Crippen molar-refractivity contribution < 1.29 is 31.8 Å². The van der Waals surface area contributed by atoms with E-state index in [0.29, 0.717) is 23.3 Å². The molecule has 0 bridgehead atoms. The summed E-state index contributed by atoms with van der Waals surface area (Å²) in [4.78, 5) is 6.64. The molecule has 2 aromatic carbocycles. The van der Waals surface area contributed by atoms with Crippen LogP contribution >= 0.6 is 0 Å². The Morgan fingerprint density at radius 3 is 2.18 bits per heavy atom. The molecule has 0 amide bonds. The Labute approximate surface area is 223 Å². The van der Waals surface area contributed by atoms with Crippen molar-refractivity contribution in [2.24, 2.45) is 0 Å². The third-order valence-electron chi connectivity index (χ3n) is 6.35. The van der Waals surface area contributed by atoms with Crippen LogP contribution in [0, 0.1) is 12.1 Å². The van der Waals surface area contributed by atoms with Gasteiger partial charge in [-0.05, 0) is 59.4 Å². The minimum absolute atomic E-state index is 0.379. The predicted molar refractivity (Wildman–Crippen MR) is 138 cm³/mol. The normalized spacial score (nSPS) is 12.0. The lowest BCUT2D eigenvalue weighted by molar-refractivity contribution is -0.605. The monoisotopic (exact) mass is 541 g/mol. The summed E-state index contributed by atoms with van der Waals surface area (Å²) in [7, 11) is 1.93. The zero-order valence-corrected chi connectivity index (χ0v) is 21.3.